The summed E-state index contributed by atoms with van der Waals surface area (Å²) in [5.74, 6) is 1.39. The lowest BCUT2D eigenvalue weighted by Gasteiger charge is -2.25. The van der Waals surface area contributed by atoms with Crippen LogP contribution < -0.4 is 24.5 Å². The number of carbonyl (C=O) groups excluding carboxylic acids is 1. The number of methoxy groups -OCH3 is 1. The van der Waals surface area contributed by atoms with E-state index < -0.39 is 12.0 Å². The van der Waals surface area contributed by atoms with Crippen molar-refractivity contribution < 1.29 is 18.7 Å². The lowest BCUT2D eigenvalue weighted by atomic mass is 9.95. The maximum absolute atomic E-state index is 13.7. The topological polar surface area (TPSA) is 86.3 Å². The van der Waals surface area contributed by atoms with E-state index in [4.69, 9.17) is 13.9 Å². The Morgan fingerprint density at radius 2 is 1.94 bits per heavy atom. The number of fused-ring (bicyclic) bond motifs is 1. The molecule has 4 rings (SSSR count). The van der Waals surface area contributed by atoms with Crippen LogP contribution in [0, 0.1) is 0 Å². The Kier molecular flexibility index (Phi) is 7.25. The summed E-state index contributed by atoms with van der Waals surface area (Å²) < 4.78 is 18.9. The maximum Gasteiger partial charge on any atom is 0.338 e. The third-order valence-electron chi connectivity index (χ3n) is 5.91. The van der Waals surface area contributed by atoms with Crippen molar-refractivity contribution in [3.8, 4) is 5.75 Å². The number of hydrogen-bond acceptors (Lipinski definition) is 8. The molecule has 0 N–H and O–H groups in total. The van der Waals surface area contributed by atoms with Gasteiger partial charge >= 0.3 is 5.97 Å². The van der Waals surface area contributed by atoms with Crippen molar-refractivity contribution in [1.82, 2.24) is 4.57 Å². The van der Waals surface area contributed by atoms with Gasteiger partial charge in [0.15, 0.2) is 10.7 Å². The van der Waals surface area contributed by atoms with E-state index in [2.05, 4.69) is 23.7 Å². The summed E-state index contributed by atoms with van der Waals surface area (Å²) >= 11 is 1.26. The van der Waals surface area contributed by atoms with Gasteiger partial charge in [0.05, 0.1) is 29.5 Å². The summed E-state index contributed by atoms with van der Waals surface area (Å²) in [4.78, 5) is 33.9. The monoisotopic (exact) mass is 495 g/mol. The second kappa shape index (κ2) is 10.4. The van der Waals surface area contributed by atoms with Crippen LogP contribution in [0.5, 0.6) is 5.75 Å². The molecule has 2 aromatic heterocycles. The summed E-state index contributed by atoms with van der Waals surface area (Å²) in [6.07, 6.45) is 1.72. The van der Waals surface area contributed by atoms with E-state index in [9.17, 15) is 9.59 Å². The minimum Gasteiger partial charge on any atom is -0.496 e. The number of carbonyl (C=O) groups is 1. The van der Waals surface area contributed by atoms with Crippen LogP contribution in [0.4, 0.5) is 5.88 Å². The first-order valence-corrected chi connectivity index (χ1v) is 12.4. The number of aromatic nitrogens is 1. The van der Waals surface area contributed by atoms with Crippen molar-refractivity contribution in [2.45, 2.75) is 33.7 Å². The molecule has 1 aliphatic heterocycles. The van der Waals surface area contributed by atoms with E-state index in [1.807, 2.05) is 30.3 Å². The summed E-state index contributed by atoms with van der Waals surface area (Å²) in [6.45, 7) is 9.48. The summed E-state index contributed by atoms with van der Waals surface area (Å²) in [7, 11) is 1.56. The number of nitrogens with zero attached hydrogens (tertiary/aromatic N) is 3. The Labute approximate surface area is 207 Å². The lowest BCUT2D eigenvalue weighted by molar-refractivity contribution is -0.139. The van der Waals surface area contributed by atoms with Crippen LogP contribution in [0.15, 0.2) is 61.9 Å². The molecule has 1 unspecified atom stereocenters. The third-order valence-corrected chi connectivity index (χ3v) is 6.89. The molecule has 0 saturated heterocycles. The fraction of sp³-hybridized carbons (Fsp3) is 0.346. The number of esters is 1. The van der Waals surface area contributed by atoms with Crippen LogP contribution in [0.3, 0.4) is 0 Å². The Morgan fingerprint density at radius 1 is 1.20 bits per heavy atom. The smallest absolute Gasteiger partial charge is 0.338 e. The first kappa shape index (κ1) is 24.5. The molecule has 1 aromatic carbocycles. The standard InChI is InChI=1S/C26H29N3O5S/c1-6-28(7-2)21-14-13-17(34-21)15-20-24(30)29-23(18-11-9-10-12-19(18)32-5)22(25(31)33-8-3)16(4)27-26(29)35-20/h9-15,23H,6-8H2,1-5H3. The first-order valence-electron chi connectivity index (χ1n) is 11.6. The molecular weight excluding hydrogens is 466 g/mol. The Bertz CT molecular complexity index is 1440. The van der Waals surface area contributed by atoms with Gasteiger partial charge in [0.2, 0.25) is 0 Å². The number of furan rings is 1. The van der Waals surface area contributed by atoms with Crippen LogP contribution in [0.2, 0.25) is 0 Å². The largest absolute Gasteiger partial charge is 0.496 e. The van der Waals surface area contributed by atoms with Crippen LogP contribution in [0.1, 0.15) is 45.1 Å². The molecule has 0 aliphatic carbocycles. The fourth-order valence-electron chi connectivity index (χ4n) is 4.23. The van der Waals surface area contributed by atoms with Crippen LogP contribution in [-0.4, -0.2) is 37.3 Å². The minimum absolute atomic E-state index is 0.214. The maximum atomic E-state index is 13.7. The number of rotatable bonds is 8. The molecule has 0 saturated carbocycles. The van der Waals surface area contributed by atoms with Crippen molar-refractivity contribution in [3.05, 3.63) is 78.7 Å². The van der Waals surface area contributed by atoms with Gasteiger partial charge in [-0.15, -0.1) is 0 Å². The summed E-state index contributed by atoms with van der Waals surface area (Å²) in [5, 5.41) is 0. The number of allylic oxidation sites excluding steroid dienone is 1. The average Bonchev–Trinajstić information content (AvgIpc) is 3.43. The van der Waals surface area contributed by atoms with E-state index >= 15 is 0 Å². The summed E-state index contributed by atoms with van der Waals surface area (Å²) in [5.41, 5.74) is 1.24. The van der Waals surface area contributed by atoms with Crippen molar-refractivity contribution >= 4 is 29.3 Å². The zero-order valence-corrected chi connectivity index (χ0v) is 21.3. The number of para-hydroxylation sites is 1. The van der Waals surface area contributed by atoms with Gasteiger partial charge in [0.1, 0.15) is 17.6 Å². The SMILES string of the molecule is CCOC(=O)C1=C(C)N=c2sc(=Cc3ccc(N(CC)CC)o3)c(=O)n2C1c1ccccc1OC. The minimum atomic E-state index is -0.730. The van der Waals surface area contributed by atoms with Crippen molar-refractivity contribution in [1.29, 1.82) is 0 Å². The van der Waals surface area contributed by atoms with Gasteiger partial charge in [0.25, 0.3) is 5.56 Å². The van der Waals surface area contributed by atoms with Crippen LogP contribution in [0.25, 0.3) is 6.08 Å². The highest BCUT2D eigenvalue weighted by molar-refractivity contribution is 7.07. The number of hydrogen-bond donors (Lipinski definition) is 0. The van der Waals surface area contributed by atoms with Crippen LogP contribution in [-0.2, 0) is 9.53 Å². The molecule has 0 radical (unpaired) electrons. The van der Waals surface area contributed by atoms with Crippen molar-refractivity contribution in [3.63, 3.8) is 0 Å². The van der Waals surface area contributed by atoms with E-state index in [-0.39, 0.29) is 12.2 Å². The van der Waals surface area contributed by atoms with Gasteiger partial charge in [-0.1, -0.05) is 29.5 Å². The summed E-state index contributed by atoms with van der Waals surface area (Å²) in [6, 6.07) is 10.4. The molecule has 184 valence electrons. The van der Waals surface area contributed by atoms with Gasteiger partial charge in [-0.2, -0.15) is 0 Å². The predicted octanol–water partition coefficient (Wildman–Crippen LogP) is 3.25. The molecule has 35 heavy (non-hydrogen) atoms. The normalized spacial score (nSPS) is 15.6. The van der Waals surface area contributed by atoms with Gasteiger partial charge < -0.3 is 18.8 Å². The fourth-order valence-corrected chi connectivity index (χ4v) is 5.26. The van der Waals surface area contributed by atoms with E-state index in [0.717, 1.165) is 19.0 Å². The average molecular weight is 496 g/mol. The second-order valence-corrected chi connectivity index (χ2v) is 8.90. The molecule has 9 heteroatoms. The molecule has 1 aliphatic rings. The zero-order chi connectivity index (χ0) is 25.1. The Hall–Kier alpha value is -3.59. The molecule has 0 amide bonds. The number of ether oxygens (including phenoxy) is 2. The van der Waals surface area contributed by atoms with Crippen molar-refractivity contribution in [2.75, 3.05) is 31.7 Å². The molecule has 0 fully saturated rings. The number of benzene rings is 1. The number of thiazole rings is 1. The molecular formula is C26H29N3O5S. The third kappa shape index (κ3) is 4.55. The Balaban J connectivity index is 1.91. The second-order valence-electron chi connectivity index (χ2n) is 7.89. The van der Waals surface area contributed by atoms with E-state index in [1.54, 1.807) is 37.7 Å². The lowest BCUT2D eigenvalue weighted by Crippen LogP contribution is -2.40. The van der Waals surface area contributed by atoms with Crippen LogP contribution >= 0.6 is 11.3 Å². The van der Waals surface area contributed by atoms with Gasteiger partial charge in [-0.3, -0.25) is 9.36 Å². The highest BCUT2D eigenvalue weighted by atomic mass is 32.1. The molecule has 1 atom stereocenters. The molecule has 0 spiro atoms. The number of anilines is 1. The van der Waals surface area contributed by atoms with Gasteiger partial charge in [0, 0.05) is 30.8 Å². The molecule has 3 aromatic rings. The highest BCUT2D eigenvalue weighted by Gasteiger charge is 2.34. The first-order chi connectivity index (χ1) is 16.9. The van der Waals surface area contributed by atoms with Gasteiger partial charge in [-0.05, 0) is 39.8 Å². The molecule has 8 nitrogen and oxygen atoms in total. The van der Waals surface area contributed by atoms with Gasteiger partial charge in [-0.25, -0.2) is 9.79 Å². The van der Waals surface area contributed by atoms with Crippen molar-refractivity contribution in [2.24, 2.45) is 4.99 Å². The molecule has 3 heterocycles. The zero-order valence-electron chi connectivity index (χ0n) is 20.5. The molecule has 0 bridgehead atoms. The van der Waals surface area contributed by atoms with E-state index in [0.29, 0.717) is 37.7 Å². The quantitative estimate of drug-likeness (QED) is 0.446. The predicted molar refractivity (Wildman–Crippen MR) is 136 cm³/mol. The Morgan fingerprint density at radius 3 is 2.63 bits per heavy atom. The van der Waals surface area contributed by atoms with E-state index in [1.165, 1.54) is 11.3 Å². The highest BCUT2D eigenvalue weighted by Crippen LogP contribution is 2.35.